The fraction of sp³-hybridized carbons (Fsp3) is 0.308. The first-order valence-electron chi connectivity index (χ1n) is 12.0. The lowest BCUT2D eigenvalue weighted by Crippen LogP contribution is -2.56. The molecule has 7 rings (SSSR count). The van der Waals surface area contributed by atoms with E-state index in [0.29, 0.717) is 29.6 Å². The van der Waals surface area contributed by atoms with Gasteiger partial charge in [0.05, 0.1) is 23.4 Å². The number of nitrogens with zero attached hydrogens (tertiary/aromatic N) is 4. The zero-order valence-electron chi connectivity index (χ0n) is 19.4. The smallest absolute Gasteiger partial charge is 0.236 e. The van der Waals surface area contributed by atoms with Crippen LogP contribution in [0.4, 0.5) is 15.9 Å². The largest absolute Gasteiger partial charge is 0.507 e. The predicted molar refractivity (Wildman–Crippen MR) is 134 cm³/mol. The van der Waals surface area contributed by atoms with Crippen LogP contribution in [0, 0.1) is 5.82 Å². The molecule has 0 amide bonds. The zero-order chi connectivity index (χ0) is 24.6. The van der Waals surface area contributed by atoms with Crippen LogP contribution in [0.3, 0.4) is 0 Å². The maximum absolute atomic E-state index is 15.0. The van der Waals surface area contributed by atoms with Crippen molar-refractivity contribution in [3.8, 4) is 22.8 Å². The summed E-state index contributed by atoms with van der Waals surface area (Å²) in [4.78, 5) is 14.1. The number of halogens is 2. The lowest BCUT2D eigenvalue weighted by molar-refractivity contribution is -0.00569. The second-order valence-electron chi connectivity index (χ2n) is 9.28. The molecule has 1 saturated heterocycles. The van der Waals surface area contributed by atoms with Crippen LogP contribution in [0.15, 0.2) is 47.5 Å². The molecule has 1 fully saturated rings. The lowest BCUT2D eigenvalue weighted by Gasteiger charge is -2.44. The van der Waals surface area contributed by atoms with Gasteiger partial charge in [-0.05, 0) is 25.1 Å². The molecule has 0 aliphatic carbocycles. The van der Waals surface area contributed by atoms with Crippen molar-refractivity contribution in [3.05, 3.63) is 64.4 Å². The summed E-state index contributed by atoms with van der Waals surface area (Å²) in [5.74, 6) is 0.701. The van der Waals surface area contributed by atoms with Gasteiger partial charge in [-0.2, -0.15) is 0 Å². The number of para-hydroxylation sites is 1. The number of aliphatic imine (C=N–C) groups is 1. The molecule has 0 spiro atoms. The first-order chi connectivity index (χ1) is 17.5. The number of aromatic hydroxyl groups is 1. The highest BCUT2D eigenvalue weighted by Crippen LogP contribution is 2.51. The fourth-order valence-corrected chi connectivity index (χ4v) is 5.79. The van der Waals surface area contributed by atoms with Crippen LogP contribution in [-0.2, 0) is 4.74 Å². The molecule has 8 nitrogen and oxygen atoms in total. The van der Waals surface area contributed by atoms with E-state index in [-0.39, 0.29) is 34.2 Å². The van der Waals surface area contributed by atoms with Crippen molar-refractivity contribution in [2.24, 2.45) is 4.99 Å². The Morgan fingerprint density at radius 1 is 1.17 bits per heavy atom. The minimum absolute atomic E-state index is 0.0268. The zero-order valence-corrected chi connectivity index (χ0v) is 20.2. The fourth-order valence-electron chi connectivity index (χ4n) is 5.50. The lowest BCUT2D eigenvalue weighted by atomic mass is 10.0. The van der Waals surface area contributed by atoms with Crippen molar-refractivity contribution in [1.29, 1.82) is 0 Å². The molecule has 2 N–H and O–H groups in total. The van der Waals surface area contributed by atoms with Crippen LogP contribution in [0.2, 0.25) is 5.02 Å². The molecule has 0 bridgehead atoms. The molecule has 3 atom stereocenters. The number of fused-ring (bicyclic) bond motifs is 6. The van der Waals surface area contributed by atoms with E-state index in [1.54, 1.807) is 0 Å². The molecule has 0 radical (unpaired) electrons. The Hall–Kier alpha value is -3.40. The van der Waals surface area contributed by atoms with Crippen LogP contribution in [-0.4, -0.2) is 59.5 Å². The standard InChI is InChI=1S/C26H23ClFN5O3/c1-13-15-5-2-3-7-17(15)33-25-20-23(21(27)22(30-25)19-16(28)6-4-8-18(19)34)35-12-14-11-29-9-10-32(14)24(20)31-26(33)36-13/h2-8,13-14,26,29,34H,9-12H2,1H3/t13?,14-,26?/m0/s1. The number of benzene rings is 2. The molecule has 36 heavy (non-hydrogen) atoms. The molecule has 0 saturated carbocycles. The van der Waals surface area contributed by atoms with Crippen LogP contribution in [0.1, 0.15) is 24.2 Å². The summed E-state index contributed by atoms with van der Waals surface area (Å²) in [5.41, 5.74) is 2.56. The average molecular weight is 508 g/mol. The summed E-state index contributed by atoms with van der Waals surface area (Å²) in [5, 5.41) is 14.1. The second-order valence-corrected chi connectivity index (χ2v) is 9.66. The Balaban J connectivity index is 1.54. The summed E-state index contributed by atoms with van der Waals surface area (Å²) in [6, 6.07) is 12.1. The summed E-state index contributed by atoms with van der Waals surface area (Å²) in [6.07, 6.45) is -0.856. The molecular weight excluding hydrogens is 485 g/mol. The van der Waals surface area contributed by atoms with E-state index in [2.05, 4.69) is 10.2 Å². The van der Waals surface area contributed by atoms with Crippen molar-refractivity contribution in [2.75, 3.05) is 31.1 Å². The van der Waals surface area contributed by atoms with E-state index in [1.807, 2.05) is 36.1 Å². The number of anilines is 2. The number of hydrogen-bond donors (Lipinski definition) is 2. The Bertz CT molecular complexity index is 1410. The number of amidine groups is 1. The van der Waals surface area contributed by atoms with Gasteiger partial charge < -0.3 is 24.8 Å². The molecule has 2 aromatic carbocycles. The van der Waals surface area contributed by atoms with E-state index >= 15 is 4.39 Å². The van der Waals surface area contributed by atoms with Crippen LogP contribution in [0.5, 0.6) is 11.5 Å². The molecule has 184 valence electrons. The van der Waals surface area contributed by atoms with Crippen molar-refractivity contribution in [1.82, 2.24) is 15.2 Å². The van der Waals surface area contributed by atoms with E-state index in [1.165, 1.54) is 18.2 Å². The average Bonchev–Trinajstić information content (AvgIpc) is 3.04. The van der Waals surface area contributed by atoms with Crippen molar-refractivity contribution in [2.45, 2.75) is 25.4 Å². The minimum atomic E-state index is -0.672. The van der Waals surface area contributed by atoms with Gasteiger partial charge in [0, 0.05) is 25.2 Å². The maximum atomic E-state index is 15.0. The summed E-state index contributed by atoms with van der Waals surface area (Å²) in [6.45, 7) is 4.63. The molecule has 2 unspecified atom stereocenters. The maximum Gasteiger partial charge on any atom is 0.236 e. The van der Waals surface area contributed by atoms with E-state index in [4.69, 9.17) is 31.1 Å². The summed E-state index contributed by atoms with van der Waals surface area (Å²) < 4.78 is 27.7. The quantitative estimate of drug-likeness (QED) is 0.511. The summed E-state index contributed by atoms with van der Waals surface area (Å²) in [7, 11) is 0. The van der Waals surface area contributed by atoms with E-state index < -0.39 is 12.2 Å². The molecule has 10 heteroatoms. The Morgan fingerprint density at radius 3 is 2.89 bits per heavy atom. The second kappa shape index (κ2) is 8.06. The van der Waals surface area contributed by atoms with Crippen molar-refractivity contribution in [3.63, 3.8) is 0 Å². The van der Waals surface area contributed by atoms with Gasteiger partial charge >= 0.3 is 0 Å². The third kappa shape index (κ3) is 3.06. The first-order valence-corrected chi connectivity index (χ1v) is 12.3. The normalized spacial score (nSPS) is 24.0. The van der Waals surface area contributed by atoms with Gasteiger partial charge in [-0.3, -0.25) is 4.90 Å². The van der Waals surface area contributed by atoms with Gasteiger partial charge in [0.25, 0.3) is 0 Å². The number of hydrogen-bond acceptors (Lipinski definition) is 8. The van der Waals surface area contributed by atoms with Gasteiger partial charge in [-0.25, -0.2) is 14.4 Å². The third-order valence-electron chi connectivity index (χ3n) is 7.21. The number of ether oxygens (including phenoxy) is 2. The van der Waals surface area contributed by atoms with E-state index in [0.717, 1.165) is 30.9 Å². The highest BCUT2D eigenvalue weighted by atomic mass is 35.5. The van der Waals surface area contributed by atoms with Crippen LogP contribution in [0.25, 0.3) is 11.3 Å². The van der Waals surface area contributed by atoms with Gasteiger partial charge in [-0.15, -0.1) is 0 Å². The topological polar surface area (TPSA) is 82.5 Å². The van der Waals surface area contributed by atoms with Gasteiger partial charge in [0.1, 0.15) is 40.3 Å². The number of pyridine rings is 1. The Kier molecular flexibility index (Phi) is 4.89. The van der Waals surface area contributed by atoms with Crippen molar-refractivity contribution < 1.29 is 19.0 Å². The SMILES string of the molecule is CC1OC2N=C3c4c(nc(-c5c(O)cccc5F)c(Cl)c4OC[C@@H]4CNCCN34)N2c2ccccc21. The molecule has 4 aliphatic rings. The monoisotopic (exact) mass is 507 g/mol. The number of phenolic OH excluding ortho intramolecular Hbond substituents is 1. The Morgan fingerprint density at radius 2 is 2.03 bits per heavy atom. The number of rotatable bonds is 1. The van der Waals surface area contributed by atoms with Crippen LogP contribution < -0.4 is 15.0 Å². The number of aromatic nitrogens is 1. The first kappa shape index (κ1) is 21.8. The van der Waals surface area contributed by atoms with Gasteiger partial charge in [0.2, 0.25) is 6.35 Å². The highest BCUT2D eigenvalue weighted by molar-refractivity contribution is 6.35. The minimum Gasteiger partial charge on any atom is -0.507 e. The van der Waals surface area contributed by atoms with Crippen molar-refractivity contribution >= 4 is 28.9 Å². The molecule has 3 aromatic rings. The Labute approximate surface area is 211 Å². The molecular formula is C26H23ClFN5O3. The highest BCUT2D eigenvalue weighted by Gasteiger charge is 2.45. The van der Waals surface area contributed by atoms with Gasteiger partial charge in [-0.1, -0.05) is 35.9 Å². The summed E-state index contributed by atoms with van der Waals surface area (Å²) >= 11 is 6.89. The van der Waals surface area contributed by atoms with E-state index in [9.17, 15) is 5.11 Å². The molecule has 5 heterocycles. The van der Waals surface area contributed by atoms with Gasteiger partial charge in [0.15, 0.2) is 11.6 Å². The molecule has 4 aliphatic heterocycles. The number of phenols is 1. The van der Waals surface area contributed by atoms with Crippen LogP contribution >= 0.6 is 11.6 Å². The number of piperazine rings is 1. The third-order valence-corrected chi connectivity index (χ3v) is 7.56. The number of nitrogens with one attached hydrogen (secondary N) is 1. The predicted octanol–water partition coefficient (Wildman–Crippen LogP) is 4.19. The molecule has 1 aromatic heterocycles.